The summed E-state index contributed by atoms with van der Waals surface area (Å²) in [4.78, 5) is 10.5. The number of nitrogens with zero attached hydrogens (tertiary/aromatic N) is 1. The van der Waals surface area contributed by atoms with Crippen molar-refractivity contribution < 1.29 is 4.92 Å². The van der Waals surface area contributed by atoms with Gasteiger partial charge in [-0.2, -0.15) is 11.3 Å². The second-order valence-electron chi connectivity index (χ2n) is 4.20. The van der Waals surface area contributed by atoms with Gasteiger partial charge in [-0.3, -0.25) is 10.1 Å². The molecule has 4 nitrogen and oxygen atoms in total. The molecule has 18 heavy (non-hydrogen) atoms. The van der Waals surface area contributed by atoms with Crippen molar-refractivity contribution in [2.24, 2.45) is 0 Å². The van der Waals surface area contributed by atoms with E-state index in [0.717, 1.165) is 17.8 Å². The van der Waals surface area contributed by atoms with Gasteiger partial charge in [0.2, 0.25) is 0 Å². The van der Waals surface area contributed by atoms with E-state index in [4.69, 9.17) is 0 Å². The van der Waals surface area contributed by atoms with E-state index in [1.165, 1.54) is 5.56 Å². The molecule has 2 aromatic rings. The number of hydrogen-bond donors (Lipinski definition) is 1. The van der Waals surface area contributed by atoms with Crippen molar-refractivity contribution in [3.8, 4) is 0 Å². The van der Waals surface area contributed by atoms with Crippen LogP contribution >= 0.6 is 11.3 Å². The molecule has 0 aliphatic carbocycles. The Kier molecular flexibility index (Phi) is 3.62. The van der Waals surface area contributed by atoms with E-state index in [9.17, 15) is 10.1 Å². The maximum atomic E-state index is 10.8. The second-order valence-corrected chi connectivity index (χ2v) is 4.98. The molecule has 0 saturated carbocycles. The van der Waals surface area contributed by atoms with E-state index in [1.54, 1.807) is 24.3 Å². The van der Waals surface area contributed by atoms with Crippen LogP contribution in [0.15, 0.2) is 29.0 Å². The van der Waals surface area contributed by atoms with Crippen LogP contribution in [0.4, 0.5) is 11.4 Å². The number of benzene rings is 1. The summed E-state index contributed by atoms with van der Waals surface area (Å²) in [5.41, 5.74) is 3.91. The minimum atomic E-state index is -0.342. The SMILES string of the molecule is Cc1cc([N+](=O)[O-])c(C)cc1NCc1ccsc1. The summed E-state index contributed by atoms with van der Waals surface area (Å²) in [6.45, 7) is 4.37. The quantitative estimate of drug-likeness (QED) is 0.672. The van der Waals surface area contributed by atoms with Gasteiger partial charge >= 0.3 is 0 Å². The Balaban J connectivity index is 2.19. The zero-order valence-corrected chi connectivity index (χ0v) is 11.1. The van der Waals surface area contributed by atoms with Crippen molar-refractivity contribution in [1.82, 2.24) is 0 Å². The van der Waals surface area contributed by atoms with E-state index in [-0.39, 0.29) is 10.6 Å². The highest BCUT2D eigenvalue weighted by Crippen LogP contribution is 2.26. The number of anilines is 1. The van der Waals surface area contributed by atoms with E-state index in [1.807, 2.05) is 18.4 Å². The van der Waals surface area contributed by atoms with Crippen molar-refractivity contribution in [1.29, 1.82) is 0 Å². The first-order valence-electron chi connectivity index (χ1n) is 5.58. The van der Waals surface area contributed by atoms with Gasteiger partial charge in [0.05, 0.1) is 4.92 Å². The Morgan fingerprint density at radius 3 is 2.72 bits per heavy atom. The standard InChI is InChI=1S/C13H14N2O2S/c1-9-6-13(15(16)17)10(2)5-12(9)14-7-11-3-4-18-8-11/h3-6,8,14H,7H2,1-2H3. The zero-order chi connectivity index (χ0) is 13.1. The zero-order valence-electron chi connectivity index (χ0n) is 10.3. The maximum Gasteiger partial charge on any atom is 0.272 e. The van der Waals surface area contributed by atoms with Gasteiger partial charge < -0.3 is 5.32 Å². The monoisotopic (exact) mass is 262 g/mol. The molecule has 0 bridgehead atoms. The average molecular weight is 262 g/mol. The molecule has 0 amide bonds. The molecule has 1 aromatic carbocycles. The van der Waals surface area contributed by atoms with E-state index >= 15 is 0 Å². The summed E-state index contributed by atoms with van der Waals surface area (Å²) in [6, 6.07) is 5.51. The molecule has 0 aliphatic heterocycles. The molecule has 0 saturated heterocycles. The molecule has 0 atom stereocenters. The molecule has 1 aromatic heterocycles. The average Bonchev–Trinajstić information content (AvgIpc) is 2.82. The van der Waals surface area contributed by atoms with E-state index < -0.39 is 0 Å². The first-order chi connectivity index (χ1) is 8.58. The van der Waals surface area contributed by atoms with Crippen LogP contribution in [-0.2, 0) is 6.54 Å². The fraction of sp³-hybridized carbons (Fsp3) is 0.231. The molecule has 0 fully saturated rings. The minimum Gasteiger partial charge on any atom is -0.381 e. The van der Waals surface area contributed by atoms with Crippen LogP contribution in [0, 0.1) is 24.0 Å². The van der Waals surface area contributed by atoms with Crippen LogP contribution in [0.2, 0.25) is 0 Å². The Morgan fingerprint density at radius 1 is 1.33 bits per heavy atom. The van der Waals surface area contributed by atoms with Gasteiger partial charge in [0.1, 0.15) is 0 Å². The van der Waals surface area contributed by atoms with Crippen LogP contribution in [0.5, 0.6) is 0 Å². The number of thiophene rings is 1. The summed E-state index contributed by atoms with van der Waals surface area (Å²) >= 11 is 1.66. The van der Waals surface area contributed by atoms with Gasteiger partial charge in [0.25, 0.3) is 5.69 Å². The highest BCUT2D eigenvalue weighted by atomic mass is 32.1. The number of aryl methyl sites for hydroxylation is 2. The van der Waals surface area contributed by atoms with Crippen LogP contribution in [0.1, 0.15) is 16.7 Å². The van der Waals surface area contributed by atoms with Crippen molar-refractivity contribution in [3.63, 3.8) is 0 Å². The van der Waals surface area contributed by atoms with Gasteiger partial charge in [0.15, 0.2) is 0 Å². The van der Waals surface area contributed by atoms with Gasteiger partial charge in [-0.05, 0) is 47.9 Å². The maximum absolute atomic E-state index is 10.8. The molecule has 1 heterocycles. The molecule has 0 unspecified atom stereocenters. The van der Waals surface area contributed by atoms with Gasteiger partial charge in [0, 0.05) is 23.9 Å². The third-order valence-corrected chi connectivity index (χ3v) is 3.53. The van der Waals surface area contributed by atoms with Crippen molar-refractivity contribution in [2.75, 3.05) is 5.32 Å². The minimum absolute atomic E-state index is 0.175. The topological polar surface area (TPSA) is 55.2 Å². The van der Waals surface area contributed by atoms with Crippen LogP contribution < -0.4 is 5.32 Å². The predicted molar refractivity (Wildman–Crippen MR) is 74.2 cm³/mol. The summed E-state index contributed by atoms with van der Waals surface area (Å²) in [6.07, 6.45) is 0. The van der Waals surface area contributed by atoms with Gasteiger partial charge in [-0.25, -0.2) is 0 Å². The number of nitro groups is 1. The Hall–Kier alpha value is -1.88. The second kappa shape index (κ2) is 5.18. The van der Waals surface area contributed by atoms with Crippen LogP contribution in [0.3, 0.4) is 0 Å². The molecular formula is C13H14N2O2S. The lowest BCUT2D eigenvalue weighted by Crippen LogP contribution is -2.02. The van der Waals surface area contributed by atoms with E-state index in [0.29, 0.717) is 5.56 Å². The Bertz CT molecular complexity index is 565. The molecule has 0 aliphatic rings. The third kappa shape index (κ3) is 2.68. The number of rotatable bonds is 4. The van der Waals surface area contributed by atoms with Crippen molar-refractivity contribution >= 4 is 22.7 Å². The molecular weight excluding hydrogens is 248 g/mol. The number of nitrogens with one attached hydrogen (secondary N) is 1. The van der Waals surface area contributed by atoms with Crippen LogP contribution in [0.25, 0.3) is 0 Å². The molecule has 0 spiro atoms. The summed E-state index contributed by atoms with van der Waals surface area (Å²) in [5, 5.41) is 18.2. The predicted octanol–water partition coefficient (Wildman–Crippen LogP) is 3.89. The largest absolute Gasteiger partial charge is 0.381 e. The lowest BCUT2D eigenvalue weighted by atomic mass is 10.1. The number of nitro benzene ring substituents is 1. The highest BCUT2D eigenvalue weighted by Gasteiger charge is 2.12. The fourth-order valence-corrected chi connectivity index (χ4v) is 2.45. The lowest BCUT2D eigenvalue weighted by Gasteiger charge is -2.10. The molecule has 2 rings (SSSR count). The molecule has 94 valence electrons. The molecule has 1 N–H and O–H groups in total. The van der Waals surface area contributed by atoms with Gasteiger partial charge in [-0.1, -0.05) is 0 Å². The van der Waals surface area contributed by atoms with Crippen molar-refractivity contribution in [2.45, 2.75) is 20.4 Å². The third-order valence-electron chi connectivity index (χ3n) is 2.80. The lowest BCUT2D eigenvalue weighted by molar-refractivity contribution is -0.385. The van der Waals surface area contributed by atoms with Gasteiger partial charge in [-0.15, -0.1) is 0 Å². The molecule has 0 radical (unpaired) electrons. The highest BCUT2D eigenvalue weighted by molar-refractivity contribution is 7.07. The normalized spacial score (nSPS) is 10.3. The fourth-order valence-electron chi connectivity index (χ4n) is 1.78. The number of hydrogen-bond acceptors (Lipinski definition) is 4. The smallest absolute Gasteiger partial charge is 0.272 e. The Morgan fingerprint density at radius 2 is 2.11 bits per heavy atom. The summed E-state index contributed by atoms with van der Waals surface area (Å²) < 4.78 is 0. The summed E-state index contributed by atoms with van der Waals surface area (Å²) in [7, 11) is 0. The van der Waals surface area contributed by atoms with Crippen molar-refractivity contribution in [3.05, 3.63) is 55.8 Å². The first-order valence-corrected chi connectivity index (χ1v) is 6.53. The van der Waals surface area contributed by atoms with E-state index in [2.05, 4.69) is 16.8 Å². The Labute approximate surface area is 109 Å². The summed E-state index contributed by atoms with van der Waals surface area (Å²) in [5.74, 6) is 0. The molecule has 5 heteroatoms. The first kappa shape index (κ1) is 12.6. The van der Waals surface area contributed by atoms with Crippen LogP contribution in [-0.4, -0.2) is 4.92 Å².